The first kappa shape index (κ1) is 35.1. The van der Waals surface area contributed by atoms with Gasteiger partial charge in [0.15, 0.2) is 11.5 Å². The Morgan fingerprint density at radius 1 is 0.750 bits per heavy atom. The summed E-state index contributed by atoms with van der Waals surface area (Å²) in [6.07, 6.45) is -0.691. The van der Waals surface area contributed by atoms with E-state index in [4.69, 9.17) is 24.7 Å². The minimum Gasteiger partial charge on any atom is -0.458 e. The zero-order chi connectivity index (χ0) is 30.9. The molecule has 0 amide bonds. The Bertz CT molecular complexity index is 1030. The van der Waals surface area contributed by atoms with E-state index in [0.717, 1.165) is 0 Å². The van der Waals surface area contributed by atoms with Crippen LogP contribution in [-0.2, 0) is 35.1 Å². The van der Waals surface area contributed by atoms with Crippen LogP contribution >= 0.6 is 0 Å². The largest absolute Gasteiger partial charge is 0.458 e. The molecule has 3 unspecified atom stereocenters. The van der Waals surface area contributed by atoms with Crippen LogP contribution < -0.4 is 15.2 Å². The third kappa shape index (κ3) is 10.2. The van der Waals surface area contributed by atoms with E-state index in [9.17, 15) is 19.2 Å². The van der Waals surface area contributed by atoms with E-state index >= 15 is 0 Å². The average Bonchev–Trinajstić information content (AvgIpc) is 2.88. The van der Waals surface area contributed by atoms with Crippen LogP contribution in [-0.4, -0.2) is 42.1 Å². The summed E-state index contributed by atoms with van der Waals surface area (Å²) in [5.41, 5.74) is 6.08. The highest BCUT2D eigenvalue weighted by Gasteiger charge is 2.31. The van der Waals surface area contributed by atoms with Gasteiger partial charge < -0.3 is 24.7 Å². The van der Waals surface area contributed by atoms with E-state index in [0.29, 0.717) is 12.0 Å². The second-order valence-electron chi connectivity index (χ2n) is 12.0. The van der Waals surface area contributed by atoms with Crippen LogP contribution in [0.25, 0.3) is 0 Å². The molecule has 0 saturated heterocycles. The van der Waals surface area contributed by atoms with E-state index in [2.05, 4.69) is 0 Å². The molecule has 1 aromatic rings. The molecular formula is C31H49NO8. The molecule has 0 aromatic heterocycles. The first-order valence-electron chi connectivity index (χ1n) is 14.1. The predicted molar refractivity (Wildman–Crippen MR) is 153 cm³/mol. The zero-order valence-electron chi connectivity index (χ0n) is 26.0. The van der Waals surface area contributed by atoms with E-state index in [1.54, 1.807) is 53.7 Å². The molecule has 0 radical (unpaired) electrons. The summed E-state index contributed by atoms with van der Waals surface area (Å²) in [4.78, 5) is 50.4. The van der Waals surface area contributed by atoms with Gasteiger partial charge in [0.1, 0.15) is 18.2 Å². The standard InChI is InChI=1S/C31H49NO8/c1-12-31(10,11)30(36)38-22(9)21(8)37-29(35)24(32)15-23-13-14-25(39-27(33)19(6)17(2)3)26(16-23)40-28(34)20(7)18(4)5/h13-14,16-22,24H,12,15,32H2,1-11H3/t19?,20?,21-,22?,24-/m0/s1. The molecule has 0 fully saturated rings. The summed E-state index contributed by atoms with van der Waals surface area (Å²) in [7, 11) is 0. The molecule has 40 heavy (non-hydrogen) atoms. The van der Waals surface area contributed by atoms with Crippen molar-refractivity contribution < 1.29 is 38.1 Å². The van der Waals surface area contributed by atoms with Crippen molar-refractivity contribution in [1.29, 1.82) is 0 Å². The van der Waals surface area contributed by atoms with E-state index in [1.807, 2.05) is 34.6 Å². The number of hydrogen-bond donors (Lipinski definition) is 1. The Morgan fingerprint density at radius 3 is 1.70 bits per heavy atom. The highest BCUT2D eigenvalue weighted by atomic mass is 16.6. The predicted octanol–water partition coefficient (Wildman–Crippen LogP) is 5.25. The van der Waals surface area contributed by atoms with Crippen LogP contribution in [0, 0.1) is 29.1 Å². The number of nitrogens with two attached hydrogens (primary N) is 1. The smallest absolute Gasteiger partial charge is 0.323 e. The fourth-order valence-electron chi connectivity index (χ4n) is 3.06. The van der Waals surface area contributed by atoms with E-state index in [1.165, 1.54) is 6.07 Å². The molecule has 0 bridgehead atoms. The van der Waals surface area contributed by atoms with Crippen molar-refractivity contribution in [2.24, 2.45) is 34.8 Å². The second kappa shape index (κ2) is 15.2. The highest BCUT2D eigenvalue weighted by molar-refractivity contribution is 5.79. The Balaban J connectivity index is 3.04. The maximum absolute atomic E-state index is 12.7. The van der Waals surface area contributed by atoms with Gasteiger partial charge in [-0.05, 0) is 70.1 Å². The van der Waals surface area contributed by atoms with Crippen LogP contribution in [0.5, 0.6) is 11.5 Å². The molecule has 1 aromatic carbocycles. The third-order valence-electron chi connectivity index (χ3n) is 7.62. The van der Waals surface area contributed by atoms with Crippen LogP contribution in [0.4, 0.5) is 0 Å². The SMILES string of the molecule is CCC(C)(C)C(=O)OC(C)[C@H](C)OC(=O)[C@@H](N)Cc1ccc(OC(=O)C(C)C(C)C)c(OC(=O)C(C)C(C)C)c1. The van der Waals surface area contributed by atoms with Crippen LogP contribution in [0.2, 0.25) is 0 Å². The first-order chi connectivity index (χ1) is 18.4. The molecule has 0 spiro atoms. The topological polar surface area (TPSA) is 131 Å². The molecule has 0 heterocycles. The highest BCUT2D eigenvalue weighted by Crippen LogP contribution is 2.32. The van der Waals surface area contributed by atoms with Gasteiger partial charge in [-0.15, -0.1) is 0 Å². The van der Waals surface area contributed by atoms with Gasteiger partial charge in [-0.25, -0.2) is 0 Å². The van der Waals surface area contributed by atoms with E-state index in [-0.39, 0.29) is 47.6 Å². The molecular weight excluding hydrogens is 514 g/mol. The number of esters is 4. The molecule has 2 N–H and O–H groups in total. The van der Waals surface area contributed by atoms with Crippen LogP contribution in [0.15, 0.2) is 18.2 Å². The van der Waals surface area contributed by atoms with Gasteiger partial charge in [0.05, 0.1) is 17.3 Å². The van der Waals surface area contributed by atoms with Crippen molar-refractivity contribution in [3.63, 3.8) is 0 Å². The molecule has 9 heteroatoms. The molecule has 9 nitrogen and oxygen atoms in total. The zero-order valence-corrected chi connectivity index (χ0v) is 26.0. The van der Waals surface area contributed by atoms with Gasteiger partial charge in [0.2, 0.25) is 0 Å². The molecule has 1 rings (SSSR count). The number of hydrogen-bond acceptors (Lipinski definition) is 9. The molecule has 5 atom stereocenters. The Kier molecular flexibility index (Phi) is 13.3. The number of ether oxygens (including phenoxy) is 4. The van der Waals surface area contributed by atoms with Crippen molar-refractivity contribution >= 4 is 23.9 Å². The van der Waals surface area contributed by atoms with Crippen molar-refractivity contribution in [1.82, 2.24) is 0 Å². The fraction of sp³-hybridized carbons (Fsp3) is 0.677. The number of carbonyl (C=O) groups excluding carboxylic acids is 4. The summed E-state index contributed by atoms with van der Waals surface area (Å²) >= 11 is 0. The van der Waals surface area contributed by atoms with Crippen molar-refractivity contribution in [2.45, 2.75) is 107 Å². The maximum atomic E-state index is 12.7. The minimum atomic E-state index is -1.04. The summed E-state index contributed by atoms with van der Waals surface area (Å²) < 4.78 is 22.2. The summed E-state index contributed by atoms with van der Waals surface area (Å²) in [6.45, 7) is 20.0. The number of rotatable bonds is 14. The molecule has 0 saturated carbocycles. The van der Waals surface area contributed by atoms with Gasteiger partial charge in [-0.3, -0.25) is 19.2 Å². The lowest BCUT2D eigenvalue weighted by atomic mass is 9.90. The fourth-order valence-corrected chi connectivity index (χ4v) is 3.06. The first-order valence-corrected chi connectivity index (χ1v) is 14.1. The molecule has 0 aliphatic heterocycles. The normalized spacial score (nSPS) is 15.6. The van der Waals surface area contributed by atoms with Crippen LogP contribution in [0.1, 0.15) is 88.1 Å². The minimum absolute atomic E-state index is 0.0440. The average molecular weight is 564 g/mol. The van der Waals surface area contributed by atoms with Crippen molar-refractivity contribution in [3.05, 3.63) is 23.8 Å². The Morgan fingerprint density at radius 2 is 1.23 bits per heavy atom. The molecule has 0 aliphatic rings. The lowest BCUT2D eigenvalue weighted by molar-refractivity contribution is -0.172. The van der Waals surface area contributed by atoms with Gasteiger partial charge in [0.25, 0.3) is 0 Å². The van der Waals surface area contributed by atoms with Crippen molar-refractivity contribution in [2.75, 3.05) is 0 Å². The van der Waals surface area contributed by atoms with Crippen LogP contribution in [0.3, 0.4) is 0 Å². The molecule has 0 aliphatic carbocycles. The van der Waals surface area contributed by atoms with Gasteiger partial charge in [-0.2, -0.15) is 0 Å². The second-order valence-corrected chi connectivity index (χ2v) is 12.0. The molecule has 226 valence electrons. The van der Waals surface area contributed by atoms with Gasteiger partial charge in [0, 0.05) is 0 Å². The van der Waals surface area contributed by atoms with Gasteiger partial charge >= 0.3 is 23.9 Å². The summed E-state index contributed by atoms with van der Waals surface area (Å²) in [6, 6.07) is 3.69. The monoisotopic (exact) mass is 563 g/mol. The summed E-state index contributed by atoms with van der Waals surface area (Å²) in [5, 5.41) is 0. The van der Waals surface area contributed by atoms with Gasteiger partial charge in [-0.1, -0.05) is 54.5 Å². The number of benzene rings is 1. The van der Waals surface area contributed by atoms with E-state index < -0.39 is 41.6 Å². The summed E-state index contributed by atoms with van der Waals surface area (Å²) in [5.74, 6) is -2.40. The lowest BCUT2D eigenvalue weighted by Crippen LogP contribution is -2.40. The quantitative estimate of drug-likeness (QED) is 0.238. The third-order valence-corrected chi connectivity index (χ3v) is 7.62. The Labute approximate surface area is 239 Å². The maximum Gasteiger partial charge on any atom is 0.323 e. The number of carbonyl (C=O) groups is 4. The van der Waals surface area contributed by atoms with Crippen molar-refractivity contribution in [3.8, 4) is 11.5 Å². The Hall–Kier alpha value is -2.94. The lowest BCUT2D eigenvalue weighted by Gasteiger charge is -2.27.